The molecule has 1 aromatic rings. The molecular weight excluding hydrogens is 244 g/mol. The van der Waals surface area contributed by atoms with Gasteiger partial charge < -0.3 is 15.4 Å². The Kier molecular flexibility index (Phi) is 5.06. The van der Waals surface area contributed by atoms with Crippen LogP contribution in [-0.2, 0) is 9.53 Å². The van der Waals surface area contributed by atoms with Crippen molar-refractivity contribution < 1.29 is 14.3 Å². The second-order valence-electron chi connectivity index (χ2n) is 4.60. The van der Waals surface area contributed by atoms with E-state index in [0.717, 1.165) is 0 Å². The van der Waals surface area contributed by atoms with Crippen LogP contribution >= 0.6 is 0 Å². The van der Waals surface area contributed by atoms with Crippen LogP contribution in [0.4, 0.5) is 5.69 Å². The Bertz CT molecular complexity index is 470. The van der Waals surface area contributed by atoms with Crippen LogP contribution in [0.25, 0.3) is 0 Å². The highest BCUT2D eigenvalue weighted by Gasteiger charge is 2.26. The van der Waals surface area contributed by atoms with Gasteiger partial charge in [0.05, 0.1) is 23.4 Å². The second-order valence-corrected chi connectivity index (χ2v) is 4.60. The van der Waals surface area contributed by atoms with Gasteiger partial charge in [-0.05, 0) is 40.0 Å². The molecule has 5 heteroatoms. The molecule has 0 aliphatic rings. The van der Waals surface area contributed by atoms with Gasteiger partial charge in [-0.1, -0.05) is 12.1 Å². The first-order chi connectivity index (χ1) is 8.92. The monoisotopic (exact) mass is 264 g/mol. The number of rotatable bonds is 5. The summed E-state index contributed by atoms with van der Waals surface area (Å²) in [5.41, 5.74) is 0.0841. The zero-order chi connectivity index (χ0) is 14.5. The Morgan fingerprint density at radius 2 is 1.89 bits per heavy atom. The number of carbonyl (C=O) groups is 2. The number of esters is 1. The summed E-state index contributed by atoms with van der Waals surface area (Å²) >= 11 is 0. The molecule has 19 heavy (non-hydrogen) atoms. The maximum Gasteiger partial charge on any atom is 0.340 e. The topological polar surface area (TPSA) is 67.4 Å². The lowest BCUT2D eigenvalue weighted by molar-refractivity contribution is -0.121. The SMILES string of the molecule is CCOC(=O)c1ccccc1NC(=O)C(C)(C)NC. The van der Waals surface area contributed by atoms with Crippen LogP contribution in [0, 0.1) is 0 Å². The number of hydrogen-bond acceptors (Lipinski definition) is 4. The first kappa shape index (κ1) is 15.2. The molecule has 0 aliphatic carbocycles. The maximum atomic E-state index is 12.1. The largest absolute Gasteiger partial charge is 0.462 e. The van der Waals surface area contributed by atoms with Crippen molar-refractivity contribution >= 4 is 17.6 Å². The number of benzene rings is 1. The Hall–Kier alpha value is -1.88. The lowest BCUT2D eigenvalue weighted by Gasteiger charge is -2.23. The smallest absolute Gasteiger partial charge is 0.340 e. The molecule has 2 N–H and O–H groups in total. The molecule has 5 nitrogen and oxygen atoms in total. The summed E-state index contributed by atoms with van der Waals surface area (Å²) in [7, 11) is 1.71. The molecule has 104 valence electrons. The summed E-state index contributed by atoms with van der Waals surface area (Å²) in [4.78, 5) is 23.8. The van der Waals surface area contributed by atoms with E-state index in [1.165, 1.54) is 0 Å². The van der Waals surface area contributed by atoms with Crippen molar-refractivity contribution in [1.82, 2.24) is 5.32 Å². The third-order valence-corrected chi connectivity index (χ3v) is 2.86. The van der Waals surface area contributed by atoms with E-state index in [9.17, 15) is 9.59 Å². The van der Waals surface area contributed by atoms with Crippen LogP contribution < -0.4 is 10.6 Å². The van der Waals surface area contributed by atoms with Gasteiger partial charge >= 0.3 is 5.97 Å². The molecule has 0 saturated carbocycles. The molecule has 0 fully saturated rings. The highest BCUT2D eigenvalue weighted by atomic mass is 16.5. The van der Waals surface area contributed by atoms with Crippen LogP contribution in [0.2, 0.25) is 0 Å². The molecule has 1 aromatic carbocycles. The van der Waals surface area contributed by atoms with Crippen molar-refractivity contribution in [3.8, 4) is 0 Å². The van der Waals surface area contributed by atoms with Crippen molar-refractivity contribution in [2.45, 2.75) is 26.3 Å². The fourth-order valence-electron chi connectivity index (χ4n) is 1.37. The van der Waals surface area contributed by atoms with E-state index in [4.69, 9.17) is 4.74 Å². The maximum absolute atomic E-state index is 12.1. The van der Waals surface area contributed by atoms with E-state index < -0.39 is 11.5 Å². The first-order valence-electron chi connectivity index (χ1n) is 6.19. The molecule has 1 rings (SSSR count). The number of likely N-dealkylation sites (N-methyl/N-ethyl adjacent to an activating group) is 1. The van der Waals surface area contributed by atoms with Crippen molar-refractivity contribution in [2.75, 3.05) is 19.0 Å². The fraction of sp³-hybridized carbons (Fsp3) is 0.429. The predicted octanol–water partition coefficient (Wildman–Crippen LogP) is 1.80. The fourth-order valence-corrected chi connectivity index (χ4v) is 1.37. The molecular formula is C14H20N2O3. The Labute approximate surface area is 113 Å². The minimum atomic E-state index is -0.720. The van der Waals surface area contributed by atoms with Gasteiger partial charge in [0.25, 0.3) is 0 Å². The van der Waals surface area contributed by atoms with E-state index in [0.29, 0.717) is 17.9 Å². The zero-order valence-corrected chi connectivity index (χ0v) is 11.7. The molecule has 0 unspecified atom stereocenters. The third kappa shape index (κ3) is 3.79. The van der Waals surface area contributed by atoms with Gasteiger partial charge in [0.1, 0.15) is 0 Å². The molecule has 0 heterocycles. The number of ether oxygens (including phenoxy) is 1. The molecule has 0 aromatic heterocycles. The summed E-state index contributed by atoms with van der Waals surface area (Å²) < 4.78 is 4.96. The van der Waals surface area contributed by atoms with E-state index in [2.05, 4.69) is 10.6 Å². The minimum absolute atomic E-state index is 0.216. The number of nitrogens with one attached hydrogen (secondary N) is 2. The van der Waals surface area contributed by atoms with E-state index in [1.54, 1.807) is 52.1 Å². The van der Waals surface area contributed by atoms with Gasteiger partial charge in [-0.25, -0.2) is 4.79 Å². The van der Waals surface area contributed by atoms with Gasteiger partial charge in [0.2, 0.25) is 5.91 Å². The molecule has 0 aliphatic heterocycles. The molecule has 0 saturated heterocycles. The van der Waals surface area contributed by atoms with E-state index >= 15 is 0 Å². The van der Waals surface area contributed by atoms with Gasteiger partial charge in [0.15, 0.2) is 0 Å². The summed E-state index contributed by atoms with van der Waals surface area (Å²) in [6, 6.07) is 6.78. The normalized spacial score (nSPS) is 10.9. The summed E-state index contributed by atoms with van der Waals surface area (Å²) in [5, 5.41) is 5.65. The molecule has 1 amide bonds. The highest BCUT2D eigenvalue weighted by molar-refractivity contribution is 6.03. The quantitative estimate of drug-likeness (QED) is 0.796. The van der Waals surface area contributed by atoms with Gasteiger partial charge in [-0.15, -0.1) is 0 Å². The Morgan fingerprint density at radius 3 is 2.47 bits per heavy atom. The van der Waals surface area contributed by atoms with E-state index in [1.807, 2.05) is 0 Å². The van der Waals surface area contributed by atoms with Crippen molar-refractivity contribution in [3.63, 3.8) is 0 Å². The zero-order valence-electron chi connectivity index (χ0n) is 11.7. The lowest BCUT2D eigenvalue weighted by Crippen LogP contribution is -2.48. The number of anilines is 1. The van der Waals surface area contributed by atoms with Crippen LogP contribution in [0.3, 0.4) is 0 Å². The summed E-state index contributed by atoms with van der Waals surface area (Å²) in [5.74, 6) is -0.660. The second kappa shape index (κ2) is 6.33. The number of amides is 1. The first-order valence-corrected chi connectivity index (χ1v) is 6.19. The predicted molar refractivity (Wildman–Crippen MR) is 74.2 cm³/mol. The number of carbonyl (C=O) groups excluding carboxylic acids is 2. The Balaban J connectivity index is 2.96. The van der Waals surface area contributed by atoms with Gasteiger partial charge in [-0.3, -0.25) is 4.79 Å². The van der Waals surface area contributed by atoms with Gasteiger partial charge in [-0.2, -0.15) is 0 Å². The number of para-hydroxylation sites is 1. The lowest BCUT2D eigenvalue weighted by atomic mass is 10.0. The highest BCUT2D eigenvalue weighted by Crippen LogP contribution is 2.18. The van der Waals surface area contributed by atoms with Crippen LogP contribution in [0.1, 0.15) is 31.1 Å². The summed E-state index contributed by atoms with van der Waals surface area (Å²) in [6.07, 6.45) is 0. The van der Waals surface area contributed by atoms with Crippen molar-refractivity contribution in [2.24, 2.45) is 0 Å². The van der Waals surface area contributed by atoms with Crippen molar-refractivity contribution in [3.05, 3.63) is 29.8 Å². The average Bonchev–Trinajstić information content (AvgIpc) is 2.39. The average molecular weight is 264 g/mol. The Morgan fingerprint density at radius 1 is 1.26 bits per heavy atom. The standard InChI is InChI=1S/C14H20N2O3/c1-5-19-12(17)10-8-6-7-9-11(10)16-13(18)14(2,3)15-4/h6-9,15H,5H2,1-4H3,(H,16,18). The molecule has 0 atom stereocenters. The van der Waals surface area contributed by atoms with E-state index in [-0.39, 0.29) is 5.91 Å². The summed E-state index contributed by atoms with van der Waals surface area (Å²) in [6.45, 7) is 5.55. The molecule has 0 bridgehead atoms. The van der Waals surface area contributed by atoms with Crippen LogP contribution in [0.5, 0.6) is 0 Å². The van der Waals surface area contributed by atoms with Gasteiger partial charge in [0, 0.05) is 0 Å². The van der Waals surface area contributed by atoms with Crippen LogP contribution in [0.15, 0.2) is 24.3 Å². The number of hydrogen-bond donors (Lipinski definition) is 2. The third-order valence-electron chi connectivity index (χ3n) is 2.86. The molecule has 0 spiro atoms. The molecule has 0 radical (unpaired) electrons. The van der Waals surface area contributed by atoms with Crippen LogP contribution in [-0.4, -0.2) is 31.1 Å². The minimum Gasteiger partial charge on any atom is -0.462 e. The van der Waals surface area contributed by atoms with Crippen molar-refractivity contribution in [1.29, 1.82) is 0 Å².